The van der Waals surface area contributed by atoms with Crippen molar-refractivity contribution in [2.24, 2.45) is 0 Å². The van der Waals surface area contributed by atoms with Crippen LogP contribution in [0.25, 0.3) is 10.2 Å². The number of benzene rings is 1. The average molecular weight is 437 g/mol. The van der Waals surface area contributed by atoms with Crippen molar-refractivity contribution in [2.75, 3.05) is 4.90 Å². The third-order valence-corrected chi connectivity index (χ3v) is 6.96. The van der Waals surface area contributed by atoms with Crippen LogP contribution in [-0.2, 0) is 4.79 Å². The molecule has 1 aliphatic heterocycles. The predicted octanol–water partition coefficient (Wildman–Crippen LogP) is 5.35. The molecule has 1 unspecified atom stereocenters. The van der Waals surface area contributed by atoms with Crippen molar-refractivity contribution < 1.29 is 19.1 Å². The normalized spacial score (nSPS) is 16.8. The second-order valence-electron chi connectivity index (χ2n) is 7.09. The highest BCUT2D eigenvalue weighted by atomic mass is 32.1. The highest BCUT2D eigenvalue weighted by Crippen LogP contribution is 2.45. The van der Waals surface area contributed by atoms with Crippen molar-refractivity contribution in [3.8, 4) is 0 Å². The number of thiophene rings is 1. The minimum absolute atomic E-state index is 0.00422. The van der Waals surface area contributed by atoms with E-state index in [9.17, 15) is 14.7 Å². The lowest BCUT2D eigenvalue weighted by molar-refractivity contribution is -0.117. The number of ketones is 1. The van der Waals surface area contributed by atoms with Crippen molar-refractivity contribution in [2.45, 2.75) is 19.9 Å². The predicted molar refractivity (Wildman–Crippen MR) is 116 cm³/mol. The molecule has 1 aliphatic rings. The molecule has 0 aliphatic carbocycles. The molecule has 0 saturated carbocycles. The van der Waals surface area contributed by atoms with Crippen molar-refractivity contribution >= 4 is 49.7 Å². The summed E-state index contributed by atoms with van der Waals surface area (Å²) in [5, 5.41) is 13.0. The molecule has 1 atom stereocenters. The van der Waals surface area contributed by atoms with E-state index in [1.54, 1.807) is 6.07 Å². The Labute approximate surface area is 179 Å². The van der Waals surface area contributed by atoms with Crippen molar-refractivity contribution in [1.82, 2.24) is 4.98 Å². The Balaban J connectivity index is 1.68. The quantitative estimate of drug-likeness (QED) is 0.436. The van der Waals surface area contributed by atoms with Crippen LogP contribution in [0.1, 0.15) is 32.6 Å². The topological polar surface area (TPSA) is 83.6 Å². The highest BCUT2D eigenvalue weighted by molar-refractivity contribution is 7.22. The van der Waals surface area contributed by atoms with Crippen LogP contribution in [0.5, 0.6) is 0 Å². The van der Waals surface area contributed by atoms with E-state index in [0.717, 1.165) is 26.2 Å². The highest BCUT2D eigenvalue weighted by Gasteiger charge is 2.47. The van der Waals surface area contributed by atoms with E-state index in [2.05, 4.69) is 0 Å². The van der Waals surface area contributed by atoms with Crippen LogP contribution in [0, 0.1) is 13.8 Å². The Kier molecular flexibility index (Phi) is 4.34. The van der Waals surface area contributed by atoms with Gasteiger partial charge in [-0.2, -0.15) is 0 Å². The van der Waals surface area contributed by atoms with Gasteiger partial charge in [0.1, 0.15) is 6.04 Å². The molecule has 0 radical (unpaired) electrons. The smallest absolute Gasteiger partial charge is 0.296 e. The largest absolute Gasteiger partial charge is 0.503 e. The molecule has 30 heavy (non-hydrogen) atoms. The third-order valence-electron chi connectivity index (χ3n) is 5.04. The molecular weight excluding hydrogens is 420 g/mol. The molecule has 4 aromatic rings. The van der Waals surface area contributed by atoms with Crippen molar-refractivity contribution in [1.29, 1.82) is 0 Å². The summed E-state index contributed by atoms with van der Waals surface area (Å²) < 4.78 is 6.19. The molecule has 8 heteroatoms. The molecule has 0 fully saturated rings. The first-order valence-electron chi connectivity index (χ1n) is 9.22. The van der Waals surface area contributed by atoms with Gasteiger partial charge in [-0.15, -0.1) is 11.3 Å². The molecular formula is C22H16N2O4S2. The maximum absolute atomic E-state index is 13.1. The molecule has 0 spiro atoms. The summed E-state index contributed by atoms with van der Waals surface area (Å²) >= 11 is 2.78. The number of carbonyl (C=O) groups excluding carboxylic acids is 2. The van der Waals surface area contributed by atoms with Gasteiger partial charge in [-0.3, -0.25) is 14.5 Å². The number of furan rings is 1. The molecule has 4 heterocycles. The fourth-order valence-electron chi connectivity index (χ4n) is 3.75. The molecule has 1 aromatic carbocycles. The summed E-state index contributed by atoms with van der Waals surface area (Å²) in [5.41, 5.74) is 2.93. The van der Waals surface area contributed by atoms with Crippen LogP contribution in [0.4, 0.5) is 5.13 Å². The van der Waals surface area contributed by atoms with Gasteiger partial charge in [-0.25, -0.2) is 4.98 Å². The summed E-state index contributed by atoms with van der Waals surface area (Å²) in [6.07, 6.45) is 1.39. The van der Waals surface area contributed by atoms with Crippen LogP contribution in [-0.4, -0.2) is 21.8 Å². The third kappa shape index (κ3) is 2.79. The zero-order valence-electron chi connectivity index (χ0n) is 16.1. The molecule has 0 saturated heterocycles. The minimum atomic E-state index is -0.767. The molecule has 1 N–H and O–H groups in total. The maximum Gasteiger partial charge on any atom is 0.296 e. The minimum Gasteiger partial charge on any atom is -0.503 e. The van der Waals surface area contributed by atoms with Crippen LogP contribution >= 0.6 is 22.7 Å². The van der Waals surface area contributed by atoms with E-state index < -0.39 is 23.5 Å². The van der Waals surface area contributed by atoms with Gasteiger partial charge in [0.15, 0.2) is 16.7 Å². The van der Waals surface area contributed by atoms with E-state index in [4.69, 9.17) is 9.40 Å². The van der Waals surface area contributed by atoms with E-state index in [0.29, 0.717) is 5.13 Å². The summed E-state index contributed by atoms with van der Waals surface area (Å²) in [5.74, 6) is -1.65. The van der Waals surface area contributed by atoms with Gasteiger partial charge in [-0.1, -0.05) is 23.5 Å². The second-order valence-corrected chi connectivity index (χ2v) is 9.08. The first-order valence-corrected chi connectivity index (χ1v) is 10.9. The van der Waals surface area contributed by atoms with Gasteiger partial charge < -0.3 is 9.52 Å². The van der Waals surface area contributed by atoms with Crippen LogP contribution in [0.15, 0.2) is 63.8 Å². The Hall–Kier alpha value is -3.23. The monoisotopic (exact) mass is 436 g/mol. The zero-order chi connectivity index (χ0) is 21.0. The standard InChI is InChI=1S/C22H16N2O4S2/c1-11-9-12(2)17-15(10-11)30-22(23-17)24-18(14-6-4-8-29-14)16(20(26)21(24)27)19(25)13-5-3-7-28-13/h3-10,18,26H,1-2H3. The number of aryl methyl sites for hydroxylation is 2. The van der Waals surface area contributed by atoms with Crippen molar-refractivity contribution in [3.05, 3.63) is 81.1 Å². The molecule has 1 amide bonds. The number of aromatic nitrogens is 1. The van der Waals surface area contributed by atoms with E-state index in [-0.39, 0.29) is 11.3 Å². The summed E-state index contributed by atoms with van der Waals surface area (Å²) in [7, 11) is 0. The second kappa shape index (κ2) is 6.93. The summed E-state index contributed by atoms with van der Waals surface area (Å²) in [6.45, 7) is 3.98. The fourth-order valence-corrected chi connectivity index (χ4v) is 5.74. The average Bonchev–Trinajstić information content (AvgIpc) is 3.49. The van der Waals surface area contributed by atoms with E-state index in [1.807, 2.05) is 43.5 Å². The Morgan fingerprint density at radius 2 is 2.07 bits per heavy atom. The van der Waals surface area contributed by atoms with Gasteiger partial charge in [-0.05, 0) is 54.6 Å². The lowest BCUT2D eigenvalue weighted by Crippen LogP contribution is -2.30. The SMILES string of the molecule is Cc1cc(C)c2nc(N3C(=O)C(O)=C(C(=O)c4ccco4)C3c3cccs3)sc2c1. The lowest BCUT2D eigenvalue weighted by Gasteiger charge is -2.22. The number of hydrogen-bond donors (Lipinski definition) is 1. The fraction of sp³-hybridized carbons (Fsp3) is 0.136. The number of nitrogens with zero attached hydrogens (tertiary/aromatic N) is 2. The number of aliphatic hydroxyl groups is 1. The van der Waals surface area contributed by atoms with E-state index in [1.165, 1.54) is 39.9 Å². The number of anilines is 1. The maximum atomic E-state index is 13.1. The first-order chi connectivity index (χ1) is 14.5. The Morgan fingerprint density at radius 1 is 1.23 bits per heavy atom. The van der Waals surface area contributed by atoms with Gasteiger partial charge in [0, 0.05) is 4.88 Å². The number of fused-ring (bicyclic) bond motifs is 1. The number of amides is 1. The van der Waals surface area contributed by atoms with Crippen LogP contribution in [0.3, 0.4) is 0 Å². The van der Waals surface area contributed by atoms with Gasteiger partial charge in [0.05, 0.1) is 22.1 Å². The number of carbonyl (C=O) groups is 2. The molecule has 5 rings (SSSR count). The van der Waals surface area contributed by atoms with Gasteiger partial charge in [0.2, 0.25) is 5.78 Å². The molecule has 3 aromatic heterocycles. The zero-order valence-corrected chi connectivity index (χ0v) is 17.7. The Bertz CT molecular complexity index is 1320. The first kappa shape index (κ1) is 18.8. The molecule has 6 nitrogen and oxygen atoms in total. The van der Waals surface area contributed by atoms with Crippen LogP contribution in [0.2, 0.25) is 0 Å². The molecule has 0 bridgehead atoms. The number of hydrogen-bond acceptors (Lipinski definition) is 7. The van der Waals surface area contributed by atoms with E-state index >= 15 is 0 Å². The Morgan fingerprint density at radius 3 is 2.77 bits per heavy atom. The molecule has 150 valence electrons. The number of aliphatic hydroxyl groups excluding tert-OH is 1. The van der Waals surface area contributed by atoms with Gasteiger partial charge >= 0.3 is 0 Å². The summed E-state index contributed by atoms with van der Waals surface area (Å²) in [4.78, 5) is 33.1. The number of thiazole rings is 1. The van der Waals surface area contributed by atoms with Crippen LogP contribution < -0.4 is 4.90 Å². The lowest BCUT2D eigenvalue weighted by atomic mass is 10.0. The number of rotatable bonds is 4. The van der Waals surface area contributed by atoms with Gasteiger partial charge in [0.25, 0.3) is 5.91 Å². The number of Topliss-reactive ketones (excluding diaryl/α,β-unsaturated/α-hetero) is 1. The van der Waals surface area contributed by atoms with Crippen molar-refractivity contribution in [3.63, 3.8) is 0 Å². The summed E-state index contributed by atoms with van der Waals surface area (Å²) in [6, 6.07) is 10.1.